The molecule has 2 aromatic carbocycles. The summed E-state index contributed by atoms with van der Waals surface area (Å²) in [4.78, 5) is 11.8. The molecular formula is C20H25N3O3. The van der Waals surface area contributed by atoms with E-state index in [1.807, 2.05) is 32.9 Å². The van der Waals surface area contributed by atoms with Crippen molar-refractivity contribution in [3.8, 4) is 5.75 Å². The zero-order chi connectivity index (χ0) is 19.3. The number of ether oxygens (including phenoxy) is 1. The van der Waals surface area contributed by atoms with Gasteiger partial charge in [-0.25, -0.2) is 4.79 Å². The topological polar surface area (TPSA) is 108 Å². The van der Waals surface area contributed by atoms with Crippen LogP contribution >= 0.6 is 0 Å². The molecule has 0 spiro atoms. The maximum atomic E-state index is 11.8. The fraction of sp³-hybridized carbons (Fsp3) is 0.300. The van der Waals surface area contributed by atoms with Gasteiger partial charge in [-0.1, -0.05) is 13.0 Å². The van der Waals surface area contributed by atoms with Gasteiger partial charge in [-0.3, -0.25) is 5.41 Å². The van der Waals surface area contributed by atoms with Crippen molar-refractivity contribution in [2.24, 2.45) is 5.73 Å². The number of aliphatic carboxylic acids is 1. The molecule has 2 aromatic rings. The standard InChI is InChI=1S/C20H25N3O3/c1-4-13-11-15(7-10-17(13)26-12(2)3)18(20(24)25)23-16-8-5-14(6-9-16)19(21)22/h5-12,18,23H,4H2,1-3H3,(H3,21,22)(H,24,25). The van der Waals surface area contributed by atoms with Gasteiger partial charge in [0, 0.05) is 11.3 Å². The minimum atomic E-state index is -0.972. The Labute approximate surface area is 153 Å². The van der Waals surface area contributed by atoms with Crippen LogP contribution in [0.4, 0.5) is 5.69 Å². The molecule has 6 heteroatoms. The van der Waals surface area contributed by atoms with Gasteiger partial charge in [0.05, 0.1) is 6.10 Å². The molecule has 0 aliphatic rings. The van der Waals surface area contributed by atoms with E-state index in [0.717, 1.165) is 17.7 Å². The number of carboxylic acid groups (broad SMARTS) is 1. The first-order chi connectivity index (χ1) is 12.3. The highest BCUT2D eigenvalue weighted by molar-refractivity contribution is 5.95. The van der Waals surface area contributed by atoms with Gasteiger partial charge in [-0.05, 0) is 67.8 Å². The van der Waals surface area contributed by atoms with Gasteiger partial charge >= 0.3 is 5.97 Å². The van der Waals surface area contributed by atoms with Crippen LogP contribution < -0.4 is 15.8 Å². The quantitative estimate of drug-likeness (QED) is 0.428. The van der Waals surface area contributed by atoms with Crippen molar-refractivity contribution in [3.05, 3.63) is 59.2 Å². The number of nitrogens with one attached hydrogen (secondary N) is 2. The Morgan fingerprint density at radius 2 is 1.88 bits per heavy atom. The van der Waals surface area contributed by atoms with Crippen molar-refractivity contribution < 1.29 is 14.6 Å². The first kappa shape index (κ1) is 19.3. The maximum absolute atomic E-state index is 11.8. The molecule has 0 fully saturated rings. The number of hydrogen-bond donors (Lipinski definition) is 4. The summed E-state index contributed by atoms with van der Waals surface area (Å²) in [5.74, 6) is -0.221. The third kappa shape index (κ3) is 4.75. The molecule has 0 heterocycles. The number of nitrogen functional groups attached to an aromatic ring is 1. The third-order valence-corrected chi connectivity index (χ3v) is 3.92. The summed E-state index contributed by atoms with van der Waals surface area (Å²) in [6, 6.07) is 11.4. The lowest BCUT2D eigenvalue weighted by Gasteiger charge is -2.19. The van der Waals surface area contributed by atoms with Gasteiger partial charge in [0.2, 0.25) is 0 Å². The molecule has 26 heavy (non-hydrogen) atoms. The van der Waals surface area contributed by atoms with Crippen molar-refractivity contribution in [3.63, 3.8) is 0 Å². The Balaban J connectivity index is 2.29. The highest BCUT2D eigenvalue weighted by Gasteiger charge is 2.21. The fourth-order valence-electron chi connectivity index (χ4n) is 2.62. The monoisotopic (exact) mass is 355 g/mol. The molecule has 138 valence electrons. The summed E-state index contributed by atoms with van der Waals surface area (Å²) >= 11 is 0. The fourth-order valence-corrected chi connectivity index (χ4v) is 2.62. The normalized spacial score (nSPS) is 11.8. The van der Waals surface area contributed by atoms with Crippen LogP contribution in [0.15, 0.2) is 42.5 Å². The lowest BCUT2D eigenvalue weighted by molar-refractivity contribution is -0.138. The molecule has 0 amide bonds. The Kier molecular flexibility index (Phi) is 6.22. The van der Waals surface area contributed by atoms with E-state index in [-0.39, 0.29) is 11.9 Å². The zero-order valence-electron chi connectivity index (χ0n) is 15.2. The number of anilines is 1. The molecule has 5 N–H and O–H groups in total. The smallest absolute Gasteiger partial charge is 0.330 e. The van der Waals surface area contributed by atoms with E-state index in [4.69, 9.17) is 15.9 Å². The van der Waals surface area contributed by atoms with Crippen molar-refractivity contribution >= 4 is 17.5 Å². The molecule has 2 rings (SSSR count). The van der Waals surface area contributed by atoms with Gasteiger partial charge < -0.3 is 20.9 Å². The number of aryl methyl sites for hydroxylation is 1. The lowest BCUT2D eigenvalue weighted by atomic mass is 10.0. The predicted octanol–water partition coefficient (Wildman–Crippen LogP) is 3.56. The summed E-state index contributed by atoms with van der Waals surface area (Å²) in [6.45, 7) is 5.93. The van der Waals surface area contributed by atoms with Crippen LogP contribution in [0.5, 0.6) is 5.75 Å². The van der Waals surface area contributed by atoms with Gasteiger partial charge in [-0.2, -0.15) is 0 Å². The predicted molar refractivity (Wildman–Crippen MR) is 103 cm³/mol. The number of carboxylic acids is 1. The van der Waals surface area contributed by atoms with Crippen molar-refractivity contribution in [1.82, 2.24) is 0 Å². The second-order valence-corrected chi connectivity index (χ2v) is 6.29. The Bertz CT molecular complexity index is 785. The van der Waals surface area contributed by atoms with Crippen LogP contribution in [0.25, 0.3) is 0 Å². The minimum Gasteiger partial charge on any atom is -0.491 e. The largest absolute Gasteiger partial charge is 0.491 e. The SMILES string of the molecule is CCc1cc(C(Nc2ccc(C(=N)N)cc2)C(=O)O)ccc1OC(C)C. The third-order valence-electron chi connectivity index (χ3n) is 3.92. The van der Waals surface area contributed by atoms with E-state index in [9.17, 15) is 9.90 Å². The average Bonchev–Trinajstić information content (AvgIpc) is 2.59. The van der Waals surface area contributed by atoms with Crippen LogP contribution in [0.1, 0.15) is 43.5 Å². The van der Waals surface area contributed by atoms with E-state index < -0.39 is 12.0 Å². The number of hydrogen-bond acceptors (Lipinski definition) is 4. The molecule has 0 bridgehead atoms. The summed E-state index contributed by atoms with van der Waals surface area (Å²) in [5.41, 5.74) is 8.29. The minimum absolute atomic E-state index is 0.0281. The first-order valence-corrected chi connectivity index (χ1v) is 8.55. The van der Waals surface area contributed by atoms with Crippen LogP contribution in [0, 0.1) is 5.41 Å². The van der Waals surface area contributed by atoms with Crippen molar-refractivity contribution in [2.75, 3.05) is 5.32 Å². The van der Waals surface area contributed by atoms with Gasteiger partial charge in [0.15, 0.2) is 6.04 Å². The molecule has 0 aliphatic heterocycles. The summed E-state index contributed by atoms with van der Waals surface area (Å²) in [7, 11) is 0. The second kappa shape index (κ2) is 8.38. The van der Waals surface area contributed by atoms with Crippen molar-refractivity contribution in [1.29, 1.82) is 5.41 Å². The Hall–Kier alpha value is -3.02. The average molecular weight is 355 g/mol. The Morgan fingerprint density at radius 3 is 2.38 bits per heavy atom. The van der Waals surface area contributed by atoms with Crippen LogP contribution in [-0.4, -0.2) is 23.0 Å². The summed E-state index contributed by atoms with van der Waals surface area (Å²) in [6.07, 6.45) is 0.801. The van der Waals surface area contributed by atoms with Crippen molar-refractivity contribution in [2.45, 2.75) is 39.3 Å². The van der Waals surface area contributed by atoms with Crippen LogP contribution in [0.3, 0.4) is 0 Å². The molecule has 0 aliphatic carbocycles. The maximum Gasteiger partial charge on any atom is 0.330 e. The van der Waals surface area contributed by atoms with E-state index in [1.54, 1.807) is 30.3 Å². The molecule has 0 saturated heterocycles. The van der Waals surface area contributed by atoms with Gasteiger partial charge in [-0.15, -0.1) is 0 Å². The van der Waals surface area contributed by atoms with Gasteiger partial charge in [0.25, 0.3) is 0 Å². The van der Waals surface area contributed by atoms with E-state index >= 15 is 0 Å². The molecule has 6 nitrogen and oxygen atoms in total. The number of amidine groups is 1. The highest BCUT2D eigenvalue weighted by Crippen LogP contribution is 2.27. The lowest BCUT2D eigenvalue weighted by Crippen LogP contribution is -2.21. The molecule has 0 radical (unpaired) electrons. The molecular weight excluding hydrogens is 330 g/mol. The molecule has 1 unspecified atom stereocenters. The highest BCUT2D eigenvalue weighted by atomic mass is 16.5. The number of carbonyl (C=O) groups is 1. The number of nitrogens with two attached hydrogens (primary N) is 1. The van der Waals surface area contributed by atoms with E-state index in [0.29, 0.717) is 16.8 Å². The zero-order valence-corrected chi connectivity index (χ0v) is 15.2. The molecule has 0 saturated carbocycles. The number of rotatable bonds is 8. The van der Waals surface area contributed by atoms with Crippen LogP contribution in [0.2, 0.25) is 0 Å². The van der Waals surface area contributed by atoms with Crippen LogP contribution in [-0.2, 0) is 11.2 Å². The van der Waals surface area contributed by atoms with Gasteiger partial charge in [0.1, 0.15) is 11.6 Å². The second-order valence-electron chi connectivity index (χ2n) is 6.29. The molecule has 0 aromatic heterocycles. The Morgan fingerprint density at radius 1 is 1.23 bits per heavy atom. The summed E-state index contributed by atoms with van der Waals surface area (Å²) in [5, 5.41) is 20.1. The van der Waals surface area contributed by atoms with E-state index in [2.05, 4.69) is 5.32 Å². The van der Waals surface area contributed by atoms with E-state index in [1.165, 1.54) is 0 Å². The summed E-state index contributed by atoms with van der Waals surface area (Å²) < 4.78 is 5.79. The number of benzene rings is 2. The molecule has 1 atom stereocenters. The first-order valence-electron chi connectivity index (χ1n) is 8.55.